The van der Waals surface area contributed by atoms with Gasteiger partial charge in [0.15, 0.2) is 0 Å². The van der Waals surface area contributed by atoms with Crippen molar-refractivity contribution >= 4 is 35.1 Å². The summed E-state index contributed by atoms with van der Waals surface area (Å²) in [5.74, 6) is 2.84. The van der Waals surface area contributed by atoms with Crippen LogP contribution in [-0.4, -0.2) is 46.9 Å². The number of nitrogens with one attached hydrogen (secondary N) is 1. The number of halogens is 1. The average Bonchev–Trinajstić information content (AvgIpc) is 2.66. The molecule has 1 N–H and O–H groups in total. The van der Waals surface area contributed by atoms with Crippen LogP contribution in [0.5, 0.6) is 0 Å². The Labute approximate surface area is 122 Å². The molecule has 0 atom stereocenters. The predicted molar refractivity (Wildman–Crippen MR) is 81.3 cm³/mol. The van der Waals surface area contributed by atoms with Crippen molar-refractivity contribution in [3.8, 4) is 0 Å². The molecular weight excluding hydrogens is 282 g/mol. The number of aromatic nitrogens is 1. The Bertz CT molecular complexity index is 448. The number of anilines is 1. The highest BCUT2D eigenvalue weighted by Crippen LogP contribution is 2.18. The summed E-state index contributed by atoms with van der Waals surface area (Å²) >= 11 is 7.88. The predicted octanol–water partition coefficient (Wildman–Crippen LogP) is 2.75. The molecule has 0 radical (unpaired) electrons. The van der Waals surface area contributed by atoms with Gasteiger partial charge in [0.1, 0.15) is 11.0 Å². The largest absolute Gasteiger partial charge is 0.370 e. The van der Waals surface area contributed by atoms with E-state index in [2.05, 4.69) is 10.3 Å². The van der Waals surface area contributed by atoms with Crippen molar-refractivity contribution in [1.82, 2.24) is 9.88 Å². The van der Waals surface area contributed by atoms with E-state index in [4.69, 9.17) is 11.6 Å². The minimum atomic E-state index is 0.0472. The maximum absolute atomic E-state index is 12.5. The molecular formula is C13H18ClN3OS. The molecule has 0 aliphatic carbocycles. The van der Waals surface area contributed by atoms with Gasteiger partial charge in [-0.15, -0.1) is 0 Å². The van der Waals surface area contributed by atoms with Gasteiger partial charge in [-0.2, -0.15) is 11.8 Å². The molecule has 0 saturated carbocycles. The monoisotopic (exact) mass is 299 g/mol. The van der Waals surface area contributed by atoms with E-state index in [-0.39, 0.29) is 5.91 Å². The highest BCUT2D eigenvalue weighted by Gasteiger charge is 2.18. The molecule has 1 aromatic rings. The van der Waals surface area contributed by atoms with Gasteiger partial charge in [-0.3, -0.25) is 4.79 Å². The lowest BCUT2D eigenvalue weighted by Crippen LogP contribution is -2.33. The van der Waals surface area contributed by atoms with Crippen LogP contribution in [0.15, 0.2) is 12.1 Å². The van der Waals surface area contributed by atoms with E-state index in [1.165, 1.54) is 0 Å². The van der Waals surface area contributed by atoms with Crippen LogP contribution in [0.4, 0.5) is 5.82 Å². The first kappa shape index (κ1) is 14.5. The van der Waals surface area contributed by atoms with Crippen LogP contribution in [0.25, 0.3) is 0 Å². The second-order valence-corrected chi connectivity index (χ2v) is 5.96. The molecule has 0 bridgehead atoms. The van der Waals surface area contributed by atoms with Crippen LogP contribution in [0.3, 0.4) is 0 Å². The summed E-state index contributed by atoms with van der Waals surface area (Å²) < 4.78 is 0. The average molecular weight is 300 g/mol. The van der Waals surface area contributed by atoms with Gasteiger partial charge in [0.2, 0.25) is 0 Å². The van der Waals surface area contributed by atoms with Crippen LogP contribution in [0, 0.1) is 0 Å². The van der Waals surface area contributed by atoms with E-state index < -0.39 is 0 Å². The SMILES string of the molecule is CCNc1cc(C(=O)N2CCCSCC2)cc(Cl)n1. The summed E-state index contributed by atoms with van der Waals surface area (Å²) in [6, 6.07) is 3.42. The molecule has 1 amide bonds. The van der Waals surface area contributed by atoms with Gasteiger partial charge < -0.3 is 10.2 Å². The maximum atomic E-state index is 12.5. The Morgan fingerprint density at radius 2 is 2.32 bits per heavy atom. The molecule has 0 unspecified atom stereocenters. The van der Waals surface area contributed by atoms with Crippen molar-refractivity contribution in [3.63, 3.8) is 0 Å². The number of pyridine rings is 1. The molecule has 0 spiro atoms. The van der Waals surface area contributed by atoms with E-state index in [9.17, 15) is 4.79 Å². The Morgan fingerprint density at radius 1 is 1.47 bits per heavy atom. The van der Waals surface area contributed by atoms with Crippen molar-refractivity contribution in [2.75, 3.05) is 36.5 Å². The fourth-order valence-electron chi connectivity index (χ4n) is 2.02. The molecule has 1 aliphatic heterocycles. The van der Waals surface area contributed by atoms with Gasteiger partial charge in [0, 0.05) is 31.0 Å². The minimum Gasteiger partial charge on any atom is -0.370 e. The molecule has 2 heterocycles. The molecule has 4 nitrogen and oxygen atoms in total. The third-order valence-corrected chi connectivity index (χ3v) is 4.15. The summed E-state index contributed by atoms with van der Waals surface area (Å²) in [6.45, 7) is 4.36. The highest BCUT2D eigenvalue weighted by molar-refractivity contribution is 7.99. The van der Waals surface area contributed by atoms with Crippen molar-refractivity contribution in [1.29, 1.82) is 0 Å². The van der Waals surface area contributed by atoms with Crippen molar-refractivity contribution in [2.24, 2.45) is 0 Å². The zero-order chi connectivity index (χ0) is 13.7. The molecule has 6 heteroatoms. The van der Waals surface area contributed by atoms with E-state index in [0.717, 1.165) is 37.6 Å². The zero-order valence-corrected chi connectivity index (χ0v) is 12.6. The maximum Gasteiger partial charge on any atom is 0.254 e. The topological polar surface area (TPSA) is 45.2 Å². The van der Waals surface area contributed by atoms with Gasteiger partial charge in [-0.25, -0.2) is 4.98 Å². The number of hydrogen-bond acceptors (Lipinski definition) is 4. The number of carbonyl (C=O) groups excluding carboxylic acids is 1. The molecule has 0 aromatic carbocycles. The third kappa shape index (κ3) is 4.01. The molecule has 1 fully saturated rings. The third-order valence-electron chi connectivity index (χ3n) is 2.91. The smallest absolute Gasteiger partial charge is 0.254 e. The standard InChI is InChI=1S/C13H18ClN3OS/c1-2-15-12-9-10(8-11(14)16-12)13(18)17-4-3-6-19-7-5-17/h8-9H,2-7H2,1H3,(H,15,16). The van der Waals surface area contributed by atoms with Crippen LogP contribution in [-0.2, 0) is 0 Å². The number of thioether (sulfide) groups is 1. The molecule has 1 aliphatic rings. The molecule has 1 saturated heterocycles. The first-order valence-electron chi connectivity index (χ1n) is 6.49. The lowest BCUT2D eigenvalue weighted by molar-refractivity contribution is 0.0768. The minimum absolute atomic E-state index is 0.0472. The molecule has 19 heavy (non-hydrogen) atoms. The summed E-state index contributed by atoms with van der Waals surface area (Å²) in [6.07, 6.45) is 1.05. The van der Waals surface area contributed by atoms with Gasteiger partial charge in [0.25, 0.3) is 5.91 Å². The Morgan fingerprint density at radius 3 is 3.11 bits per heavy atom. The lowest BCUT2D eigenvalue weighted by atomic mass is 10.2. The van der Waals surface area contributed by atoms with E-state index in [1.54, 1.807) is 12.1 Å². The summed E-state index contributed by atoms with van der Waals surface area (Å²) in [5.41, 5.74) is 0.614. The first-order chi connectivity index (χ1) is 9.20. The Hall–Kier alpha value is -0.940. The van der Waals surface area contributed by atoms with E-state index >= 15 is 0 Å². The van der Waals surface area contributed by atoms with Crippen LogP contribution in [0.1, 0.15) is 23.7 Å². The lowest BCUT2D eigenvalue weighted by Gasteiger charge is -2.20. The summed E-state index contributed by atoms with van der Waals surface area (Å²) in [4.78, 5) is 18.5. The number of amides is 1. The normalized spacial score (nSPS) is 16.0. The van der Waals surface area contributed by atoms with Gasteiger partial charge in [-0.05, 0) is 31.2 Å². The number of hydrogen-bond donors (Lipinski definition) is 1. The Balaban J connectivity index is 2.17. The van der Waals surface area contributed by atoms with E-state index in [1.807, 2.05) is 23.6 Å². The zero-order valence-electron chi connectivity index (χ0n) is 11.0. The van der Waals surface area contributed by atoms with Gasteiger partial charge in [0.05, 0.1) is 0 Å². The first-order valence-corrected chi connectivity index (χ1v) is 8.02. The summed E-state index contributed by atoms with van der Waals surface area (Å²) in [7, 11) is 0. The fourth-order valence-corrected chi connectivity index (χ4v) is 3.12. The van der Waals surface area contributed by atoms with Crippen LogP contribution >= 0.6 is 23.4 Å². The number of carbonyl (C=O) groups is 1. The second-order valence-electron chi connectivity index (χ2n) is 4.35. The fraction of sp³-hybridized carbons (Fsp3) is 0.538. The number of nitrogens with zero attached hydrogens (tertiary/aromatic N) is 2. The highest BCUT2D eigenvalue weighted by atomic mass is 35.5. The van der Waals surface area contributed by atoms with Crippen LogP contribution < -0.4 is 5.32 Å². The van der Waals surface area contributed by atoms with Crippen molar-refractivity contribution < 1.29 is 4.79 Å². The molecule has 2 rings (SSSR count). The van der Waals surface area contributed by atoms with Crippen molar-refractivity contribution in [3.05, 3.63) is 22.8 Å². The summed E-state index contributed by atoms with van der Waals surface area (Å²) in [5, 5.41) is 3.44. The van der Waals surface area contributed by atoms with E-state index in [0.29, 0.717) is 16.5 Å². The molecule has 1 aromatic heterocycles. The van der Waals surface area contributed by atoms with Crippen LogP contribution in [0.2, 0.25) is 5.15 Å². The second kappa shape index (κ2) is 7.01. The number of rotatable bonds is 3. The van der Waals surface area contributed by atoms with Gasteiger partial charge >= 0.3 is 0 Å². The van der Waals surface area contributed by atoms with Crippen molar-refractivity contribution in [2.45, 2.75) is 13.3 Å². The molecule has 104 valence electrons. The quantitative estimate of drug-likeness (QED) is 0.872. The Kier molecular flexibility index (Phi) is 5.34. The van der Waals surface area contributed by atoms with Gasteiger partial charge in [-0.1, -0.05) is 11.6 Å².